The molecule has 0 atom stereocenters. The number of aromatic nitrogens is 2. The highest BCUT2D eigenvalue weighted by Gasteiger charge is 2.26. The first-order chi connectivity index (χ1) is 10.6. The first-order valence-corrected chi connectivity index (χ1v) is 7.82. The predicted octanol–water partition coefficient (Wildman–Crippen LogP) is 2.46. The van der Waals surface area contributed by atoms with E-state index in [1.54, 1.807) is 0 Å². The number of carboxylic acids is 1. The summed E-state index contributed by atoms with van der Waals surface area (Å²) in [7, 11) is -4.26. The van der Waals surface area contributed by atoms with Crippen LogP contribution in [0.2, 0.25) is 0 Å². The van der Waals surface area contributed by atoms with Crippen LogP contribution in [0.3, 0.4) is 0 Å². The molecule has 0 fully saturated rings. The largest absolute Gasteiger partial charge is 0.478 e. The van der Waals surface area contributed by atoms with Gasteiger partial charge in [-0.05, 0) is 31.5 Å². The van der Waals surface area contributed by atoms with E-state index in [-0.39, 0.29) is 27.4 Å². The zero-order valence-corrected chi connectivity index (χ0v) is 12.9. The van der Waals surface area contributed by atoms with Crippen LogP contribution < -0.4 is 4.72 Å². The lowest BCUT2D eigenvalue weighted by Gasteiger charge is -2.12. The van der Waals surface area contributed by atoms with Crippen molar-refractivity contribution in [2.24, 2.45) is 0 Å². The number of aromatic amines is 1. The van der Waals surface area contributed by atoms with E-state index in [2.05, 4.69) is 10.2 Å². The summed E-state index contributed by atoms with van der Waals surface area (Å²) in [5, 5.41) is 14.7. The first kappa shape index (κ1) is 16.9. The fourth-order valence-electron chi connectivity index (χ4n) is 2.06. The normalized spacial score (nSPS) is 11.7. The number of H-pyrrole nitrogens is 1. The molecule has 0 saturated heterocycles. The molecule has 0 aliphatic heterocycles. The molecule has 0 bridgehead atoms. The Kier molecular flexibility index (Phi) is 4.37. The Balaban J connectivity index is 2.51. The van der Waals surface area contributed by atoms with Crippen LogP contribution in [0.1, 0.15) is 33.7 Å². The summed E-state index contributed by atoms with van der Waals surface area (Å²) in [5.74, 6) is -1.28. The molecule has 0 amide bonds. The van der Waals surface area contributed by atoms with E-state index in [0.29, 0.717) is 0 Å². The van der Waals surface area contributed by atoms with E-state index in [1.807, 2.05) is 4.72 Å². The summed E-state index contributed by atoms with van der Waals surface area (Å²) in [6.45, 7) is 2.71. The number of aryl methyl sites for hydroxylation is 1. The SMILES string of the molecule is Cc1[nH]nc(C(F)F)c1NS(=O)(=O)c1cccc(C(=O)O)c1C. The Hall–Kier alpha value is -2.49. The van der Waals surface area contributed by atoms with Crippen LogP contribution >= 0.6 is 0 Å². The van der Waals surface area contributed by atoms with E-state index < -0.39 is 28.1 Å². The van der Waals surface area contributed by atoms with E-state index in [1.165, 1.54) is 32.0 Å². The van der Waals surface area contributed by atoms with Crippen LogP contribution in [0.4, 0.5) is 14.5 Å². The molecule has 124 valence electrons. The van der Waals surface area contributed by atoms with Gasteiger partial charge in [-0.2, -0.15) is 5.10 Å². The molecule has 10 heteroatoms. The molecule has 1 aromatic heterocycles. The summed E-state index contributed by atoms with van der Waals surface area (Å²) in [6, 6.07) is 3.72. The van der Waals surface area contributed by atoms with Crippen molar-refractivity contribution < 1.29 is 27.1 Å². The summed E-state index contributed by atoms with van der Waals surface area (Å²) >= 11 is 0. The average molecular weight is 345 g/mol. The van der Waals surface area contributed by atoms with Gasteiger partial charge in [0.2, 0.25) is 0 Å². The van der Waals surface area contributed by atoms with Crippen LogP contribution in [0, 0.1) is 13.8 Å². The van der Waals surface area contributed by atoms with Crippen molar-refractivity contribution in [2.45, 2.75) is 25.2 Å². The monoisotopic (exact) mass is 345 g/mol. The molecule has 1 aromatic carbocycles. The second-order valence-corrected chi connectivity index (χ2v) is 6.40. The first-order valence-electron chi connectivity index (χ1n) is 6.34. The average Bonchev–Trinajstić information content (AvgIpc) is 2.79. The third-order valence-electron chi connectivity index (χ3n) is 3.22. The summed E-state index contributed by atoms with van der Waals surface area (Å²) in [6.07, 6.45) is -2.97. The molecular formula is C13H13F2N3O4S. The Morgan fingerprint density at radius 1 is 1.35 bits per heavy atom. The second-order valence-electron chi connectivity index (χ2n) is 4.75. The summed E-state index contributed by atoms with van der Waals surface area (Å²) < 4.78 is 52.7. The smallest absolute Gasteiger partial charge is 0.335 e. The standard InChI is InChI=1S/C13H13F2N3O4S/c1-6-8(13(19)20)4-3-5-9(6)23(21,22)18-10-7(2)16-17-11(10)12(14)15/h3-5,12,18H,1-2H3,(H,16,17)(H,19,20). The number of anilines is 1. The summed E-state index contributed by atoms with van der Waals surface area (Å²) in [4.78, 5) is 10.8. The third-order valence-corrected chi connectivity index (χ3v) is 4.72. The number of hydrogen-bond donors (Lipinski definition) is 3. The minimum absolute atomic E-state index is 0.00671. The van der Waals surface area contributed by atoms with Crippen molar-refractivity contribution in [2.75, 3.05) is 4.72 Å². The van der Waals surface area contributed by atoms with E-state index in [4.69, 9.17) is 5.11 Å². The highest BCUT2D eigenvalue weighted by atomic mass is 32.2. The fourth-order valence-corrected chi connectivity index (χ4v) is 3.47. The maximum atomic E-state index is 12.9. The molecule has 3 N–H and O–H groups in total. The zero-order valence-electron chi connectivity index (χ0n) is 12.1. The molecule has 0 spiro atoms. The molecule has 23 heavy (non-hydrogen) atoms. The highest BCUT2D eigenvalue weighted by molar-refractivity contribution is 7.92. The molecule has 0 saturated carbocycles. The quantitative estimate of drug-likeness (QED) is 0.770. The van der Waals surface area contributed by atoms with Crippen LogP contribution in [-0.4, -0.2) is 29.7 Å². The van der Waals surface area contributed by atoms with Gasteiger partial charge in [0.25, 0.3) is 16.4 Å². The lowest BCUT2D eigenvalue weighted by molar-refractivity contribution is 0.0695. The van der Waals surface area contributed by atoms with E-state index >= 15 is 0 Å². The Morgan fingerprint density at radius 2 is 2.00 bits per heavy atom. The lowest BCUT2D eigenvalue weighted by atomic mass is 10.1. The van der Waals surface area contributed by atoms with Crippen molar-refractivity contribution in [3.63, 3.8) is 0 Å². The van der Waals surface area contributed by atoms with Crippen molar-refractivity contribution in [3.05, 3.63) is 40.7 Å². The van der Waals surface area contributed by atoms with Crippen LogP contribution in [0.25, 0.3) is 0 Å². The molecule has 0 aliphatic carbocycles. The zero-order chi connectivity index (χ0) is 17.4. The third kappa shape index (κ3) is 3.16. The predicted molar refractivity (Wildman–Crippen MR) is 77.2 cm³/mol. The minimum atomic E-state index is -4.26. The molecule has 0 unspecified atom stereocenters. The van der Waals surface area contributed by atoms with Gasteiger partial charge in [-0.15, -0.1) is 0 Å². The maximum absolute atomic E-state index is 12.9. The number of halogens is 2. The number of alkyl halides is 2. The van der Waals surface area contributed by atoms with Crippen LogP contribution in [0.15, 0.2) is 23.1 Å². The van der Waals surface area contributed by atoms with Gasteiger partial charge in [0, 0.05) is 0 Å². The molecule has 0 aliphatic rings. The van der Waals surface area contributed by atoms with Crippen molar-refractivity contribution >= 4 is 21.7 Å². The number of nitrogens with one attached hydrogen (secondary N) is 2. The van der Waals surface area contributed by atoms with Gasteiger partial charge in [-0.1, -0.05) is 6.07 Å². The number of carbonyl (C=O) groups is 1. The second kappa shape index (κ2) is 5.95. The molecule has 0 radical (unpaired) electrons. The van der Waals surface area contributed by atoms with Crippen LogP contribution in [-0.2, 0) is 10.0 Å². The molecule has 2 aromatic rings. The number of nitrogens with zero attached hydrogens (tertiary/aromatic N) is 1. The Labute approximate surface area is 130 Å². The molecule has 2 rings (SSSR count). The minimum Gasteiger partial charge on any atom is -0.478 e. The number of benzene rings is 1. The lowest BCUT2D eigenvalue weighted by Crippen LogP contribution is -2.17. The number of aromatic carboxylic acids is 1. The van der Waals surface area contributed by atoms with Gasteiger partial charge in [0.15, 0.2) is 5.69 Å². The van der Waals surface area contributed by atoms with Gasteiger partial charge in [-0.25, -0.2) is 22.0 Å². The van der Waals surface area contributed by atoms with Crippen molar-refractivity contribution in [3.8, 4) is 0 Å². The van der Waals surface area contributed by atoms with Gasteiger partial charge < -0.3 is 5.11 Å². The summed E-state index contributed by atoms with van der Waals surface area (Å²) in [5.41, 5.74) is -1.13. The molecule has 1 heterocycles. The number of rotatable bonds is 5. The van der Waals surface area contributed by atoms with Crippen molar-refractivity contribution in [1.29, 1.82) is 0 Å². The Morgan fingerprint density at radius 3 is 2.57 bits per heavy atom. The van der Waals surface area contributed by atoms with E-state index in [9.17, 15) is 22.0 Å². The van der Waals surface area contributed by atoms with Gasteiger partial charge in [0.05, 0.1) is 21.8 Å². The molecular weight excluding hydrogens is 332 g/mol. The number of hydrogen-bond acceptors (Lipinski definition) is 4. The Bertz CT molecular complexity index is 862. The van der Waals surface area contributed by atoms with Gasteiger partial charge >= 0.3 is 5.97 Å². The fraction of sp³-hybridized carbons (Fsp3) is 0.231. The number of sulfonamides is 1. The van der Waals surface area contributed by atoms with Crippen molar-refractivity contribution in [1.82, 2.24) is 10.2 Å². The van der Waals surface area contributed by atoms with E-state index in [0.717, 1.165) is 0 Å². The van der Waals surface area contributed by atoms with Gasteiger partial charge in [-0.3, -0.25) is 9.82 Å². The molecule has 7 nitrogen and oxygen atoms in total. The highest BCUT2D eigenvalue weighted by Crippen LogP contribution is 2.30. The topological polar surface area (TPSA) is 112 Å². The number of carboxylic acid groups (broad SMARTS) is 1. The van der Waals surface area contributed by atoms with Crippen LogP contribution in [0.5, 0.6) is 0 Å². The van der Waals surface area contributed by atoms with Gasteiger partial charge in [0.1, 0.15) is 0 Å². The maximum Gasteiger partial charge on any atom is 0.335 e.